The molecule has 0 aliphatic carbocycles. The van der Waals surface area contributed by atoms with Crippen molar-refractivity contribution in [2.75, 3.05) is 13.1 Å². The van der Waals surface area contributed by atoms with Crippen molar-refractivity contribution in [1.82, 2.24) is 15.2 Å². The molecule has 4 rings (SSSR count). The maximum absolute atomic E-state index is 13.0. The number of likely N-dealkylation sites (tertiary alicyclic amines) is 1. The molecule has 1 aliphatic heterocycles. The van der Waals surface area contributed by atoms with Crippen molar-refractivity contribution in [2.45, 2.75) is 19.4 Å². The van der Waals surface area contributed by atoms with Crippen molar-refractivity contribution in [3.63, 3.8) is 0 Å². The lowest BCUT2D eigenvalue weighted by Gasteiger charge is -2.31. The second-order valence-electron chi connectivity index (χ2n) is 7.36. The van der Waals surface area contributed by atoms with E-state index in [4.69, 9.17) is 0 Å². The first kappa shape index (κ1) is 18.9. The van der Waals surface area contributed by atoms with Crippen molar-refractivity contribution in [3.8, 4) is 0 Å². The number of benzene rings is 2. The van der Waals surface area contributed by atoms with E-state index in [-0.39, 0.29) is 23.3 Å². The molecule has 29 heavy (non-hydrogen) atoms. The molecule has 1 aliphatic rings. The first-order chi connectivity index (χ1) is 14.1. The molecule has 1 saturated heterocycles. The molecule has 2 heterocycles. The van der Waals surface area contributed by atoms with Crippen LogP contribution in [-0.2, 0) is 11.3 Å². The predicted octanol–water partition coefficient (Wildman–Crippen LogP) is 2.70. The number of hydrogen-bond acceptors (Lipinski definition) is 3. The average molecular weight is 389 g/mol. The van der Waals surface area contributed by atoms with Crippen molar-refractivity contribution < 1.29 is 9.59 Å². The van der Waals surface area contributed by atoms with Gasteiger partial charge in [-0.05, 0) is 24.5 Å². The summed E-state index contributed by atoms with van der Waals surface area (Å²) in [4.78, 5) is 41.9. The highest BCUT2D eigenvalue weighted by Gasteiger charge is 2.28. The van der Waals surface area contributed by atoms with E-state index in [1.807, 2.05) is 48.5 Å². The van der Waals surface area contributed by atoms with Crippen LogP contribution in [0, 0.1) is 5.92 Å². The molecule has 0 radical (unpaired) electrons. The minimum Gasteiger partial charge on any atom is -0.352 e. The summed E-state index contributed by atoms with van der Waals surface area (Å²) >= 11 is 0. The zero-order valence-corrected chi connectivity index (χ0v) is 16.1. The highest BCUT2D eigenvalue weighted by atomic mass is 16.2. The van der Waals surface area contributed by atoms with Crippen LogP contribution < -0.4 is 10.9 Å². The first-order valence-electron chi connectivity index (χ1n) is 9.85. The summed E-state index contributed by atoms with van der Waals surface area (Å²) < 4.78 is 0. The van der Waals surface area contributed by atoms with Crippen LogP contribution in [0.2, 0.25) is 0 Å². The fraction of sp³-hybridized carbons (Fsp3) is 0.261. The molecule has 2 aromatic carbocycles. The number of piperidine rings is 1. The Labute approximate surface area is 168 Å². The normalized spacial score (nSPS) is 14.7. The van der Waals surface area contributed by atoms with E-state index in [1.54, 1.807) is 11.0 Å². The van der Waals surface area contributed by atoms with E-state index in [0.717, 1.165) is 10.9 Å². The Balaban J connectivity index is 1.39. The zero-order valence-electron chi connectivity index (χ0n) is 16.1. The zero-order chi connectivity index (χ0) is 20.2. The molecular weight excluding hydrogens is 366 g/mol. The fourth-order valence-corrected chi connectivity index (χ4v) is 3.83. The number of carbonyl (C=O) groups excluding carboxylic acids is 2. The molecule has 0 spiro atoms. The van der Waals surface area contributed by atoms with E-state index < -0.39 is 0 Å². The van der Waals surface area contributed by atoms with Crippen LogP contribution in [0.4, 0.5) is 0 Å². The molecule has 2 N–H and O–H groups in total. The third-order valence-corrected chi connectivity index (χ3v) is 5.44. The monoisotopic (exact) mass is 389 g/mol. The van der Waals surface area contributed by atoms with E-state index in [0.29, 0.717) is 43.6 Å². The molecular formula is C23H23N3O3. The van der Waals surface area contributed by atoms with Gasteiger partial charge in [-0.15, -0.1) is 0 Å². The average Bonchev–Trinajstić information content (AvgIpc) is 2.77. The minimum absolute atomic E-state index is 0.0301. The molecule has 6 nitrogen and oxygen atoms in total. The summed E-state index contributed by atoms with van der Waals surface area (Å²) in [5.74, 6) is -0.225. The Hall–Kier alpha value is -3.41. The number of carbonyl (C=O) groups is 2. The number of nitrogens with one attached hydrogen (secondary N) is 2. The molecule has 0 bridgehead atoms. The number of pyridine rings is 1. The summed E-state index contributed by atoms with van der Waals surface area (Å²) in [6, 6.07) is 18.5. The number of para-hydroxylation sites is 1. The van der Waals surface area contributed by atoms with Gasteiger partial charge in [-0.25, -0.2) is 0 Å². The number of nitrogens with zero attached hydrogens (tertiary/aromatic N) is 1. The molecule has 148 valence electrons. The summed E-state index contributed by atoms with van der Waals surface area (Å²) in [5, 5.41) is 3.72. The quantitative estimate of drug-likeness (QED) is 0.720. The summed E-state index contributed by atoms with van der Waals surface area (Å²) in [6.45, 7) is 1.52. The van der Waals surface area contributed by atoms with Crippen LogP contribution in [0.3, 0.4) is 0 Å². The molecule has 3 aromatic rings. The van der Waals surface area contributed by atoms with Crippen LogP contribution in [0.5, 0.6) is 0 Å². The van der Waals surface area contributed by atoms with Crippen LogP contribution in [-0.4, -0.2) is 34.8 Å². The number of rotatable bonds is 4. The van der Waals surface area contributed by atoms with Crippen LogP contribution in [0.25, 0.3) is 10.9 Å². The van der Waals surface area contributed by atoms with Gasteiger partial charge >= 0.3 is 0 Å². The Kier molecular flexibility index (Phi) is 5.42. The maximum Gasteiger partial charge on any atom is 0.254 e. The van der Waals surface area contributed by atoms with Crippen molar-refractivity contribution in [3.05, 3.63) is 82.1 Å². The van der Waals surface area contributed by atoms with E-state index in [2.05, 4.69) is 10.3 Å². The largest absolute Gasteiger partial charge is 0.352 e. The van der Waals surface area contributed by atoms with Gasteiger partial charge in [0.2, 0.25) is 11.5 Å². The van der Waals surface area contributed by atoms with Gasteiger partial charge < -0.3 is 15.2 Å². The second-order valence-corrected chi connectivity index (χ2v) is 7.36. The van der Waals surface area contributed by atoms with Gasteiger partial charge in [0, 0.05) is 42.5 Å². The molecule has 0 unspecified atom stereocenters. The fourth-order valence-electron chi connectivity index (χ4n) is 3.83. The lowest BCUT2D eigenvalue weighted by Crippen LogP contribution is -2.43. The third kappa shape index (κ3) is 4.21. The maximum atomic E-state index is 13.0. The number of fused-ring (bicyclic) bond motifs is 1. The molecule has 6 heteroatoms. The van der Waals surface area contributed by atoms with Gasteiger partial charge in [0.25, 0.3) is 5.91 Å². The molecule has 1 aromatic heterocycles. The number of aromatic nitrogens is 1. The molecule has 2 amide bonds. The first-order valence-corrected chi connectivity index (χ1v) is 9.85. The van der Waals surface area contributed by atoms with E-state index in [1.165, 1.54) is 6.07 Å². The van der Waals surface area contributed by atoms with Crippen molar-refractivity contribution >= 4 is 22.7 Å². The second kappa shape index (κ2) is 8.31. The van der Waals surface area contributed by atoms with Crippen LogP contribution >= 0.6 is 0 Å². The van der Waals surface area contributed by atoms with Crippen molar-refractivity contribution in [2.24, 2.45) is 5.92 Å². The highest BCUT2D eigenvalue weighted by Crippen LogP contribution is 2.22. The standard InChI is InChI=1S/C23H23N3O3/c27-21-14-19(18-8-4-5-9-20(18)25-21)23(29)26-12-10-17(11-13-26)22(28)24-15-16-6-2-1-3-7-16/h1-9,14,17H,10-13,15H2,(H,24,28)(H,25,27). The van der Waals surface area contributed by atoms with Gasteiger partial charge in [0.15, 0.2) is 0 Å². The van der Waals surface area contributed by atoms with Gasteiger partial charge in [0.1, 0.15) is 0 Å². The van der Waals surface area contributed by atoms with Crippen LogP contribution in [0.1, 0.15) is 28.8 Å². The number of amides is 2. The summed E-state index contributed by atoms with van der Waals surface area (Å²) in [6.07, 6.45) is 1.24. The van der Waals surface area contributed by atoms with Crippen molar-refractivity contribution in [1.29, 1.82) is 0 Å². The predicted molar refractivity (Wildman–Crippen MR) is 111 cm³/mol. The van der Waals surface area contributed by atoms with E-state index >= 15 is 0 Å². The highest BCUT2D eigenvalue weighted by molar-refractivity contribution is 6.06. The summed E-state index contributed by atoms with van der Waals surface area (Å²) in [7, 11) is 0. The summed E-state index contributed by atoms with van der Waals surface area (Å²) in [5.41, 5.74) is 1.84. The Bertz CT molecular complexity index is 1080. The SMILES string of the molecule is O=C(NCc1ccccc1)C1CCN(C(=O)c2cc(=O)[nH]c3ccccc23)CC1. The minimum atomic E-state index is -0.290. The Morgan fingerprint density at radius 3 is 2.45 bits per heavy atom. The van der Waals surface area contributed by atoms with Gasteiger partial charge in [-0.3, -0.25) is 14.4 Å². The number of aromatic amines is 1. The van der Waals surface area contributed by atoms with Gasteiger partial charge in [-0.2, -0.15) is 0 Å². The Morgan fingerprint density at radius 1 is 1.00 bits per heavy atom. The number of H-pyrrole nitrogens is 1. The lowest BCUT2D eigenvalue weighted by atomic mass is 9.95. The third-order valence-electron chi connectivity index (χ3n) is 5.44. The smallest absolute Gasteiger partial charge is 0.254 e. The Morgan fingerprint density at radius 2 is 1.69 bits per heavy atom. The number of hydrogen-bond donors (Lipinski definition) is 2. The molecule has 1 fully saturated rings. The van der Waals surface area contributed by atoms with Crippen LogP contribution in [0.15, 0.2) is 65.5 Å². The topological polar surface area (TPSA) is 82.3 Å². The van der Waals surface area contributed by atoms with Gasteiger partial charge in [0.05, 0.1) is 5.56 Å². The van der Waals surface area contributed by atoms with E-state index in [9.17, 15) is 14.4 Å². The lowest BCUT2D eigenvalue weighted by molar-refractivity contribution is -0.126. The molecule has 0 atom stereocenters. The van der Waals surface area contributed by atoms with Gasteiger partial charge in [-0.1, -0.05) is 48.5 Å². The molecule has 0 saturated carbocycles.